The molecule has 0 aliphatic rings. The van der Waals surface area contributed by atoms with E-state index in [-0.39, 0.29) is 39.4 Å². The van der Waals surface area contributed by atoms with Crippen LogP contribution in [-0.2, 0) is 6.42 Å². The Balaban J connectivity index is 2.07. The van der Waals surface area contributed by atoms with E-state index >= 15 is 0 Å². The topological polar surface area (TPSA) is 100 Å². The summed E-state index contributed by atoms with van der Waals surface area (Å²) in [4.78, 5) is 13.4. The van der Waals surface area contributed by atoms with E-state index < -0.39 is 0 Å². The van der Waals surface area contributed by atoms with Gasteiger partial charge in [-0.3, -0.25) is 4.79 Å². The summed E-state index contributed by atoms with van der Waals surface area (Å²) in [6.07, 6.45) is 4.60. The van der Waals surface area contributed by atoms with Gasteiger partial charge in [-0.05, 0) is 36.8 Å². The number of benzene rings is 2. The zero-order valence-electron chi connectivity index (χ0n) is 19.1. The summed E-state index contributed by atoms with van der Waals surface area (Å²) in [6.45, 7) is 6.59. The average Bonchev–Trinajstić information content (AvgIpc) is 2.72. The fourth-order valence-electron chi connectivity index (χ4n) is 3.99. The van der Waals surface area contributed by atoms with Crippen LogP contribution < -0.4 is 10.2 Å². The van der Waals surface area contributed by atoms with Gasteiger partial charge in [0.05, 0.1) is 12.7 Å². The fraction of sp³-hybridized carbons (Fsp3) is 0.423. The Hall–Kier alpha value is -3.15. The lowest BCUT2D eigenvalue weighted by molar-refractivity contribution is 0.407. The zero-order chi connectivity index (χ0) is 23.4. The molecule has 0 bridgehead atoms. The molecule has 0 saturated heterocycles. The van der Waals surface area contributed by atoms with Gasteiger partial charge in [-0.1, -0.05) is 40.0 Å². The van der Waals surface area contributed by atoms with Gasteiger partial charge in [0.25, 0.3) is 0 Å². The number of aromatic hydroxyl groups is 3. The number of fused-ring (bicyclic) bond motifs is 1. The van der Waals surface area contributed by atoms with Crippen molar-refractivity contribution < 1.29 is 24.5 Å². The Morgan fingerprint density at radius 1 is 0.969 bits per heavy atom. The third-order valence-electron chi connectivity index (χ3n) is 5.87. The molecule has 3 rings (SSSR count). The van der Waals surface area contributed by atoms with Crippen LogP contribution in [0.4, 0.5) is 0 Å². The molecule has 3 aromatic rings. The molecule has 6 nitrogen and oxygen atoms in total. The lowest BCUT2D eigenvalue weighted by Crippen LogP contribution is -2.13. The Morgan fingerprint density at radius 2 is 1.72 bits per heavy atom. The van der Waals surface area contributed by atoms with E-state index in [1.165, 1.54) is 43.9 Å². The quantitative estimate of drug-likeness (QED) is 0.378. The summed E-state index contributed by atoms with van der Waals surface area (Å²) < 4.78 is 11.3. The van der Waals surface area contributed by atoms with Crippen LogP contribution in [0.15, 0.2) is 39.5 Å². The van der Waals surface area contributed by atoms with Crippen LogP contribution in [-0.4, -0.2) is 22.4 Å². The lowest BCUT2D eigenvalue weighted by Gasteiger charge is -2.15. The van der Waals surface area contributed by atoms with Crippen LogP contribution in [0.5, 0.6) is 23.0 Å². The first-order chi connectivity index (χ1) is 15.2. The van der Waals surface area contributed by atoms with Crippen molar-refractivity contribution in [3.63, 3.8) is 0 Å². The molecule has 1 aromatic heterocycles. The molecule has 3 N–H and O–H groups in total. The summed E-state index contributed by atoms with van der Waals surface area (Å²) in [5, 5.41) is 30.7. The van der Waals surface area contributed by atoms with Gasteiger partial charge >= 0.3 is 0 Å². The summed E-state index contributed by atoms with van der Waals surface area (Å²) in [7, 11) is 1.46. The third-order valence-corrected chi connectivity index (χ3v) is 5.87. The maximum Gasteiger partial charge on any atom is 0.200 e. The number of phenols is 3. The van der Waals surface area contributed by atoms with E-state index in [0.717, 1.165) is 19.3 Å². The minimum Gasteiger partial charge on any atom is -0.508 e. The maximum atomic E-state index is 13.4. The van der Waals surface area contributed by atoms with Crippen LogP contribution in [0.2, 0.25) is 0 Å². The largest absolute Gasteiger partial charge is 0.508 e. The molecular weight excluding hydrogens is 408 g/mol. The second-order valence-electron chi connectivity index (χ2n) is 8.93. The van der Waals surface area contributed by atoms with E-state index in [0.29, 0.717) is 35.1 Å². The summed E-state index contributed by atoms with van der Waals surface area (Å²) in [5.41, 5.74) is 0.549. The second-order valence-corrected chi connectivity index (χ2v) is 8.93. The van der Waals surface area contributed by atoms with Gasteiger partial charge in [-0.15, -0.1) is 0 Å². The molecule has 1 unspecified atom stereocenters. The molecular formula is C26H32O6. The summed E-state index contributed by atoms with van der Waals surface area (Å²) in [5.74, 6) is 1.18. The van der Waals surface area contributed by atoms with Gasteiger partial charge in [-0.25, -0.2) is 0 Å². The highest BCUT2D eigenvalue weighted by Gasteiger charge is 2.22. The van der Waals surface area contributed by atoms with Crippen molar-refractivity contribution in [2.24, 2.45) is 11.8 Å². The van der Waals surface area contributed by atoms with Crippen molar-refractivity contribution in [1.29, 1.82) is 0 Å². The molecule has 0 aliphatic heterocycles. The van der Waals surface area contributed by atoms with E-state index in [9.17, 15) is 20.1 Å². The first-order valence-electron chi connectivity index (χ1n) is 11.1. The van der Waals surface area contributed by atoms with Gasteiger partial charge in [0, 0.05) is 23.8 Å². The molecule has 1 heterocycles. The monoisotopic (exact) mass is 440 g/mol. The van der Waals surface area contributed by atoms with Crippen molar-refractivity contribution in [3.05, 3.63) is 46.1 Å². The number of phenolic OH excluding ortho intramolecular Hbond substituents is 3. The van der Waals surface area contributed by atoms with Crippen molar-refractivity contribution in [3.8, 4) is 34.3 Å². The highest BCUT2D eigenvalue weighted by molar-refractivity contribution is 5.87. The van der Waals surface area contributed by atoms with Gasteiger partial charge in [0.15, 0.2) is 5.43 Å². The first kappa shape index (κ1) is 23.5. The molecule has 0 aliphatic carbocycles. The van der Waals surface area contributed by atoms with Crippen LogP contribution in [0.3, 0.4) is 0 Å². The smallest absolute Gasteiger partial charge is 0.200 e. The molecule has 0 saturated carbocycles. The minimum atomic E-state index is -0.330. The second kappa shape index (κ2) is 9.98. The van der Waals surface area contributed by atoms with Gasteiger partial charge in [0.2, 0.25) is 0 Å². The number of methoxy groups -OCH3 is 1. The van der Waals surface area contributed by atoms with E-state index in [4.69, 9.17) is 9.15 Å². The molecule has 2 aromatic carbocycles. The number of ether oxygens (including phenoxy) is 1. The Morgan fingerprint density at radius 3 is 2.38 bits per heavy atom. The van der Waals surface area contributed by atoms with Gasteiger partial charge in [-0.2, -0.15) is 0 Å². The number of rotatable bonds is 9. The highest BCUT2D eigenvalue weighted by Crippen LogP contribution is 2.38. The first-order valence-corrected chi connectivity index (χ1v) is 11.1. The molecule has 1 atom stereocenters. The van der Waals surface area contributed by atoms with Crippen LogP contribution in [0.25, 0.3) is 22.3 Å². The van der Waals surface area contributed by atoms with E-state index in [1.54, 1.807) is 0 Å². The molecule has 0 spiro atoms. The predicted molar refractivity (Wildman–Crippen MR) is 126 cm³/mol. The van der Waals surface area contributed by atoms with Crippen LogP contribution in [0, 0.1) is 11.8 Å². The maximum absolute atomic E-state index is 13.4. The minimum absolute atomic E-state index is 0.0889. The van der Waals surface area contributed by atoms with Crippen molar-refractivity contribution in [1.82, 2.24) is 0 Å². The van der Waals surface area contributed by atoms with Crippen LogP contribution in [0.1, 0.15) is 52.0 Å². The third kappa shape index (κ3) is 5.18. The zero-order valence-corrected chi connectivity index (χ0v) is 19.1. The highest BCUT2D eigenvalue weighted by atomic mass is 16.5. The van der Waals surface area contributed by atoms with E-state index in [2.05, 4.69) is 20.8 Å². The SMILES string of the molecule is COc1cc(O)c2c(=O)c(CCC(C)CCCC(C)C)c(-c3ccc(O)cc3O)oc2c1. The molecule has 0 radical (unpaired) electrons. The normalized spacial score (nSPS) is 12.4. The molecule has 32 heavy (non-hydrogen) atoms. The standard InChI is InChI=1S/C26H32O6/c1-15(2)6-5-7-16(3)8-10-20-25(30)24-22(29)13-18(31-4)14-23(24)32-26(20)19-11-9-17(27)12-21(19)28/h9,11-16,27-29H,5-8,10H2,1-4H3. The molecule has 0 amide bonds. The van der Waals surface area contributed by atoms with Crippen molar-refractivity contribution in [2.45, 2.75) is 52.9 Å². The molecule has 6 heteroatoms. The summed E-state index contributed by atoms with van der Waals surface area (Å²) >= 11 is 0. The van der Waals surface area contributed by atoms with Crippen LogP contribution >= 0.6 is 0 Å². The van der Waals surface area contributed by atoms with Crippen molar-refractivity contribution in [2.75, 3.05) is 7.11 Å². The molecule has 0 fully saturated rings. The fourth-order valence-corrected chi connectivity index (χ4v) is 3.99. The van der Waals surface area contributed by atoms with Gasteiger partial charge in [0.1, 0.15) is 39.7 Å². The number of hydrogen-bond donors (Lipinski definition) is 3. The Kier molecular flexibility index (Phi) is 7.33. The van der Waals surface area contributed by atoms with Crippen molar-refractivity contribution >= 4 is 11.0 Å². The lowest BCUT2D eigenvalue weighted by atomic mass is 9.92. The summed E-state index contributed by atoms with van der Waals surface area (Å²) in [6, 6.07) is 7.08. The Labute approximate surface area is 188 Å². The van der Waals surface area contributed by atoms with E-state index in [1.807, 2.05) is 0 Å². The van der Waals surface area contributed by atoms with Gasteiger partial charge < -0.3 is 24.5 Å². The Bertz CT molecular complexity index is 1150. The predicted octanol–water partition coefficient (Wildman–Crippen LogP) is 5.98. The number of hydrogen-bond acceptors (Lipinski definition) is 6. The molecule has 172 valence electrons. The average molecular weight is 441 g/mol.